The minimum Gasteiger partial charge on any atom is -0.389 e. The molecule has 2 rings (SSSR count). The van der Waals surface area contributed by atoms with Crippen LogP contribution in [-0.2, 0) is 9.47 Å². The molecule has 2 atom stereocenters. The van der Waals surface area contributed by atoms with Crippen LogP contribution in [0.4, 0.5) is 5.95 Å². The van der Waals surface area contributed by atoms with Crippen LogP contribution in [0.5, 0.6) is 0 Å². The van der Waals surface area contributed by atoms with Gasteiger partial charge in [-0.2, -0.15) is 0 Å². The summed E-state index contributed by atoms with van der Waals surface area (Å²) in [6.07, 6.45) is 3.84. The fourth-order valence-electron chi connectivity index (χ4n) is 2.17. The predicted octanol–water partition coefficient (Wildman–Crippen LogP) is 0.801. The molecular formula is C13H21N3O3S. The molecule has 1 saturated heterocycles. The monoisotopic (exact) mass is 299 g/mol. The number of aromatic nitrogens is 2. The summed E-state index contributed by atoms with van der Waals surface area (Å²) in [6, 6.07) is 1.88. The summed E-state index contributed by atoms with van der Waals surface area (Å²) >= 11 is 1.58. The number of β-amino-alcohol motifs (C(OH)–C–C–N with tert-alkyl or cyclic N) is 1. The largest absolute Gasteiger partial charge is 0.389 e. The van der Waals surface area contributed by atoms with Crippen LogP contribution >= 0.6 is 11.8 Å². The van der Waals surface area contributed by atoms with E-state index in [1.165, 1.54) is 0 Å². The van der Waals surface area contributed by atoms with Gasteiger partial charge in [0.2, 0.25) is 5.95 Å². The summed E-state index contributed by atoms with van der Waals surface area (Å²) in [5.41, 5.74) is 0. The van der Waals surface area contributed by atoms with Crippen molar-refractivity contribution >= 4 is 17.7 Å². The summed E-state index contributed by atoms with van der Waals surface area (Å²) in [7, 11) is 1.64. The molecule has 2 heterocycles. The molecule has 7 heteroatoms. The Labute approximate surface area is 123 Å². The Kier molecular flexibility index (Phi) is 6.03. The van der Waals surface area contributed by atoms with E-state index in [0.29, 0.717) is 25.7 Å². The summed E-state index contributed by atoms with van der Waals surface area (Å²) in [4.78, 5) is 10.7. The molecule has 1 aromatic heterocycles. The topological polar surface area (TPSA) is 67.7 Å². The Morgan fingerprint density at radius 3 is 3.05 bits per heavy atom. The van der Waals surface area contributed by atoms with Gasteiger partial charge in [-0.15, -0.1) is 11.8 Å². The van der Waals surface area contributed by atoms with Crippen molar-refractivity contribution < 1.29 is 14.6 Å². The van der Waals surface area contributed by atoms with Gasteiger partial charge in [0.1, 0.15) is 5.03 Å². The number of nitrogens with zero attached hydrogens (tertiary/aromatic N) is 3. The highest BCUT2D eigenvalue weighted by molar-refractivity contribution is 7.98. The number of hydrogen-bond donors (Lipinski definition) is 1. The van der Waals surface area contributed by atoms with E-state index < -0.39 is 6.10 Å². The average molecular weight is 299 g/mol. The third-order valence-corrected chi connectivity index (χ3v) is 3.89. The van der Waals surface area contributed by atoms with Crippen LogP contribution in [0.15, 0.2) is 17.3 Å². The number of anilines is 1. The molecule has 20 heavy (non-hydrogen) atoms. The van der Waals surface area contributed by atoms with Crippen molar-refractivity contribution in [1.29, 1.82) is 0 Å². The van der Waals surface area contributed by atoms with Crippen molar-refractivity contribution in [3.8, 4) is 0 Å². The maximum absolute atomic E-state index is 10.2. The van der Waals surface area contributed by atoms with Crippen molar-refractivity contribution in [1.82, 2.24) is 9.97 Å². The molecule has 0 saturated carbocycles. The lowest BCUT2D eigenvalue weighted by Gasteiger charge is -2.35. The molecule has 6 nitrogen and oxygen atoms in total. The highest BCUT2D eigenvalue weighted by Gasteiger charge is 2.29. The zero-order valence-electron chi connectivity index (χ0n) is 11.9. The molecular weight excluding hydrogens is 278 g/mol. The molecule has 0 unspecified atom stereocenters. The predicted molar refractivity (Wildman–Crippen MR) is 78.3 cm³/mol. The number of methoxy groups -OCH3 is 1. The Balaban J connectivity index is 1.91. The average Bonchev–Trinajstić information content (AvgIpc) is 2.49. The molecule has 1 fully saturated rings. The quantitative estimate of drug-likeness (QED) is 0.473. The van der Waals surface area contributed by atoms with Crippen LogP contribution in [0.25, 0.3) is 0 Å². The molecule has 0 bridgehead atoms. The number of thioether (sulfide) groups is 1. The molecule has 0 aromatic carbocycles. The van der Waals surface area contributed by atoms with Gasteiger partial charge in [0.25, 0.3) is 0 Å². The van der Waals surface area contributed by atoms with Crippen LogP contribution in [0.1, 0.15) is 6.42 Å². The molecule has 1 N–H and O–H groups in total. The van der Waals surface area contributed by atoms with Gasteiger partial charge in [-0.3, -0.25) is 0 Å². The van der Waals surface area contributed by atoms with Crippen molar-refractivity contribution in [2.24, 2.45) is 0 Å². The van der Waals surface area contributed by atoms with E-state index in [4.69, 9.17) is 9.47 Å². The van der Waals surface area contributed by atoms with Gasteiger partial charge < -0.3 is 19.5 Å². The second kappa shape index (κ2) is 7.78. The van der Waals surface area contributed by atoms with E-state index in [9.17, 15) is 5.11 Å². The number of aliphatic hydroxyl groups is 1. The first kappa shape index (κ1) is 15.5. The number of piperidine rings is 1. The number of hydrogen-bond acceptors (Lipinski definition) is 7. The van der Waals surface area contributed by atoms with Gasteiger partial charge in [0, 0.05) is 26.4 Å². The lowest BCUT2D eigenvalue weighted by atomic mass is 10.1. The fourth-order valence-corrected chi connectivity index (χ4v) is 2.54. The van der Waals surface area contributed by atoms with Gasteiger partial charge >= 0.3 is 0 Å². The summed E-state index contributed by atoms with van der Waals surface area (Å²) < 4.78 is 10.6. The second-order valence-corrected chi connectivity index (χ2v) is 5.43. The van der Waals surface area contributed by atoms with Crippen LogP contribution in [0.3, 0.4) is 0 Å². The Bertz CT molecular complexity index is 422. The first-order chi connectivity index (χ1) is 9.74. The van der Waals surface area contributed by atoms with Crippen molar-refractivity contribution in [2.75, 3.05) is 44.6 Å². The summed E-state index contributed by atoms with van der Waals surface area (Å²) in [5.74, 6) is 0.672. The SMILES string of the molecule is COCCO[C@@H]1CCN(c2nccc(SC)n2)C[C@H]1O. The molecule has 0 aliphatic carbocycles. The standard InChI is InChI=1S/C13H21N3O3S/c1-18-7-8-19-11-4-6-16(9-10(11)17)13-14-5-3-12(15-13)20-2/h3,5,10-11,17H,4,6-9H2,1-2H3/t10-,11-/m1/s1. The van der Waals surface area contributed by atoms with E-state index >= 15 is 0 Å². The zero-order valence-corrected chi connectivity index (χ0v) is 12.7. The normalized spacial score (nSPS) is 23.1. The minimum absolute atomic E-state index is 0.134. The van der Waals surface area contributed by atoms with Crippen molar-refractivity contribution in [3.63, 3.8) is 0 Å². The van der Waals surface area contributed by atoms with Gasteiger partial charge in [-0.1, -0.05) is 0 Å². The Hall–Kier alpha value is -0.890. The maximum Gasteiger partial charge on any atom is 0.226 e. The third-order valence-electron chi connectivity index (χ3n) is 3.25. The highest BCUT2D eigenvalue weighted by atomic mass is 32.2. The fraction of sp³-hybridized carbons (Fsp3) is 0.692. The van der Waals surface area contributed by atoms with Crippen LogP contribution < -0.4 is 4.90 Å². The lowest BCUT2D eigenvalue weighted by molar-refractivity contribution is -0.0593. The van der Waals surface area contributed by atoms with Crippen LogP contribution in [-0.4, -0.2) is 67.0 Å². The molecule has 1 aliphatic heterocycles. The minimum atomic E-state index is -0.526. The van der Waals surface area contributed by atoms with Gasteiger partial charge in [0.15, 0.2) is 0 Å². The number of ether oxygens (including phenoxy) is 2. The number of aliphatic hydroxyl groups excluding tert-OH is 1. The molecule has 0 spiro atoms. The molecule has 112 valence electrons. The first-order valence-corrected chi connectivity index (χ1v) is 7.87. The maximum atomic E-state index is 10.2. The molecule has 1 aliphatic rings. The van der Waals surface area contributed by atoms with Crippen LogP contribution in [0, 0.1) is 0 Å². The van der Waals surface area contributed by atoms with Crippen LogP contribution in [0.2, 0.25) is 0 Å². The van der Waals surface area contributed by atoms with E-state index in [-0.39, 0.29) is 6.10 Å². The lowest BCUT2D eigenvalue weighted by Crippen LogP contribution is -2.48. The summed E-state index contributed by atoms with van der Waals surface area (Å²) in [5, 5.41) is 11.1. The Morgan fingerprint density at radius 2 is 2.35 bits per heavy atom. The zero-order chi connectivity index (χ0) is 14.4. The highest BCUT2D eigenvalue weighted by Crippen LogP contribution is 2.20. The molecule has 0 radical (unpaired) electrons. The Morgan fingerprint density at radius 1 is 1.50 bits per heavy atom. The van der Waals surface area contributed by atoms with E-state index in [1.54, 1.807) is 25.1 Å². The summed E-state index contributed by atoms with van der Waals surface area (Å²) in [6.45, 7) is 2.34. The van der Waals surface area contributed by atoms with Gasteiger partial charge in [-0.25, -0.2) is 9.97 Å². The van der Waals surface area contributed by atoms with E-state index in [2.05, 4.69) is 9.97 Å². The van der Waals surface area contributed by atoms with Gasteiger partial charge in [0.05, 0.1) is 25.4 Å². The molecule has 0 amide bonds. The third kappa shape index (κ3) is 4.05. The smallest absolute Gasteiger partial charge is 0.226 e. The first-order valence-electron chi connectivity index (χ1n) is 6.65. The van der Waals surface area contributed by atoms with Gasteiger partial charge in [-0.05, 0) is 18.7 Å². The van der Waals surface area contributed by atoms with E-state index in [1.807, 2.05) is 17.2 Å². The van der Waals surface area contributed by atoms with Crippen molar-refractivity contribution in [2.45, 2.75) is 23.7 Å². The molecule has 1 aromatic rings. The van der Waals surface area contributed by atoms with Crippen molar-refractivity contribution in [3.05, 3.63) is 12.3 Å². The number of rotatable bonds is 6. The van der Waals surface area contributed by atoms with E-state index in [0.717, 1.165) is 18.0 Å². The second-order valence-electron chi connectivity index (χ2n) is 4.60.